The Morgan fingerprint density at radius 3 is 2.50 bits per heavy atom. The minimum Gasteiger partial charge on any atom is -0.253 e. The summed E-state index contributed by atoms with van der Waals surface area (Å²) < 4.78 is 0. The summed E-state index contributed by atoms with van der Waals surface area (Å²) in [6.07, 6.45) is 1.77. The molecule has 1 aromatic rings. The molecule has 1 nitrogen and oxygen atoms in total. The Balaban J connectivity index is 0.000000250. The number of rotatable bonds is 0. The largest absolute Gasteiger partial charge is 1.00 e. The third-order valence-electron chi connectivity index (χ3n) is 0.347. The van der Waals surface area contributed by atoms with Crippen LogP contribution in [0.5, 0.6) is 0 Å². The zero-order valence-corrected chi connectivity index (χ0v) is 7.53. The summed E-state index contributed by atoms with van der Waals surface area (Å²) in [7, 11) is 0. The SMILES string of the molecule is [K+].c1cscn1. The molecule has 0 amide bonds. The van der Waals surface area contributed by atoms with Gasteiger partial charge < -0.3 is 0 Å². The van der Waals surface area contributed by atoms with Gasteiger partial charge in [0.1, 0.15) is 0 Å². The van der Waals surface area contributed by atoms with Gasteiger partial charge in [-0.2, -0.15) is 0 Å². The molecule has 0 fully saturated rings. The van der Waals surface area contributed by atoms with Gasteiger partial charge in [-0.25, -0.2) is 0 Å². The minimum atomic E-state index is 0. The first-order valence-electron chi connectivity index (χ1n) is 1.32. The Bertz CT molecular complexity index is 67.3. The van der Waals surface area contributed by atoms with Gasteiger partial charge in [0, 0.05) is 11.6 Å². The standard InChI is InChI=1S/C3H3NS.K/c1-2-5-3-4-1;/h1-3H;/q;+1. The number of hydrogen-bond donors (Lipinski definition) is 0. The zero-order valence-electron chi connectivity index (χ0n) is 3.59. The summed E-state index contributed by atoms with van der Waals surface area (Å²) in [6.45, 7) is 0. The molecule has 0 spiro atoms. The van der Waals surface area contributed by atoms with Crippen LogP contribution in [-0.4, -0.2) is 4.98 Å². The van der Waals surface area contributed by atoms with Crippen molar-refractivity contribution in [3.05, 3.63) is 17.1 Å². The van der Waals surface area contributed by atoms with Gasteiger partial charge in [-0.05, 0) is 0 Å². The molecule has 3 heteroatoms. The molecule has 0 unspecified atom stereocenters. The predicted molar refractivity (Wildman–Crippen MR) is 22.1 cm³/mol. The fourth-order valence-electron chi connectivity index (χ4n) is 0.176. The van der Waals surface area contributed by atoms with Gasteiger partial charge in [0.05, 0.1) is 5.51 Å². The van der Waals surface area contributed by atoms with Crippen LogP contribution < -0.4 is 51.4 Å². The molecule has 6 heavy (non-hydrogen) atoms. The van der Waals surface area contributed by atoms with Crippen LogP contribution in [0.15, 0.2) is 17.1 Å². The van der Waals surface area contributed by atoms with Crippen molar-refractivity contribution in [2.24, 2.45) is 0 Å². The van der Waals surface area contributed by atoms with E-state index in [1.165, 1.54) is 0 Å². The molecule has 0 N–H and O–H groups in total. The van der Waals surface area contributed by atoms with E-state index in [0.29, 0.717) is 0 Å². The summed E-state index contributed by atoms with van der Waals surface area (Å²) in [4.78, 5) is 3.74. The van der Waals surface area contributed by atoms with Gasteiger partial charge in [-0.15, -0.1) is 11.3 Å². The normalized spacial score (nSPS) is 6.67. The molecule has 26 valence electrons. The molecule has 0 aliphatic carbocycles. The summed E-state index contributed by atoms with van der Waals surface area (Å²) in [5.41, 5.74) is 1.79. The fourth-order valence-corrected chi connectivity index (χ4v) is 0.527. The fraction of sp³-hybridized carbons (Fsp3) is 0. The Morgan fingerprint density at radius 2 is 2.33 bits per heavy atom. The smallest absolute Gasteiger partial charge is 0.253 e. The topological polar surface area (TPSA) is 12.9 Å². The van der Waals surface area contributed by atoms with Crippen LogP contribution in [0.4, 0.5) is 0 Å². The van der Waals surface area contributed by atoms with Crippen LogP contribution in [0.25, 0.3) is 0 Å². The van der Waals surface area contributed by atoms with Crippen molar-refractivity contribution in [3.8, 4) is 0 Å². The van der Waals surface area contributed by atoms with Crippen molar-refractivity contribution in [3.63, 3.8) is 0 Å². The summed E-state index contributed by atoms with van der Waals surface area (Å²) in [5.74, 6) is 0. The van der Waals surface area contributed by atoms with E-state index in [1.807, 2.05) is 5.38 Å². The van der Waals surface area contributed by atoms with E-state index in [1.54, 1.807) is 23.0 Å². The van der Waals surface area contributed by atoms with E-state index in [2.05, 4.69) is 4.98 Å². The molecule has 0 aliphatic rings. The van der Waals surface area contributed by atoms with E-state index in [4.69, 9.17) is 0 Å². The van der Waals surface area contributed by atoms with Crippen LogP contribution in [0.3, 0.4) is 0 Å². The molecule has 0 bridgehead atoms. The maximum Gasteiger partial charge on any atom is 1.00 e. The summed E-state index contributed by atoms with van der Waals surface area (Å²) in [6, 6.07) is 0. The average Bonchev–Trinajstić information content (AvgIpc) is 1.76. The second-order valence-electron chi connectivity index (χ2n) is 0.676. The van der Waals surface area contributed by atoms with E-state index in [-0.39, 0.29) is 51.4 Å². The van der Waals surface area contributed by atoms with E-state index in [9.17, 15) is 0 Å². The first-order chi connectivity index (χ1) is 2.50. The molecule has 1 aromatic heterocycles. The Morgan fingerprint density at radius 1 is 1.50 bits per heavy atom. The molecular formula is C3H3KNS+. The van der Waals surface area contributed by atoms with Gasteiger partial charge in [-0.1, -0.05) is 0 Å². The Labute approximate surface area is 83.2 Å². The first-order valence-corrected chi connectivity index (χ1v) is 2.26. The third kappa shape index (κ3) is 2.44. The van der Waals surface area contributed by atoms with Crippen LogP contribution in [0, 0.1) is 0 Å². The number of hydrogen-bond acceptors (Lipinski definition) is 2. The van der Waals surface area contributed by atoms with Crippen LogP contribution >= 0.6 is 11.3 Å². The minimum absolute atomic E-state index is 0. The van der Waals surface area contributed by atoms with Crippen LogP contribution in [0.1, 0.15) is 0 Å². The van der Waals surface area contributed by atoms with E-state index in [0.717, 1.165) is 0 Å². The summed E-state index contributed by atoms with van der Waals surface area (Å²) in [5, 5.41) is 1.93. The van der Waals surface area contributed by atoms with Crippen molar-refractivity contribution in [2.45, 2.75) is 0 Å². The maximum atomic E-state index is 3.74. The van der Waals surface area contributed by atoms with Crippen molar-refractivity contribution in [2.75, 3.05) is 0 Å². The van der Waals surface area contributed by atoms with Gasteiger partial charge in [0.2, 0.25) is 0 Å². The van der Waals surface area contributed by atoms with Crippen molar-refractivity contribution < 1.29 is 51.4 Å². The number of nitrogens with zero attached hydrogens (tertiary/aromatic N) is 1. The van der Waals surface area contributed by atoms with Crippen LogP contribution in [-0.2, 0) is 0 Å². The molecule has 0 atom stereocenters. The zero-order chi connectivity index (χ0) is 3.54. The molecule has 0 saturated carbocycles. The van der Waals surface area contributed by atoms with Gasteiger partial charge in [0.25, 0.3) is 0 Å². The molecule has 1 rings (SSSR count). The monoisotopic (exact) mass is 124 g/mol. The number of aromatic nitrogens is 1. The molecule has 0 radical (unpaired) electrons. The van der Waals surface area contributed by atoms with Gasteiger partial charge >= 0.3 is 51.4 Å². The summed E-state index contributed by atoms with van der Waals surface area (Å²) >= 11 is 1.60. The average molecular weight is 124 g/mol. The second kappa shape index (κ2) is 4.43. The number of thiazole rings is 1. The quantitative estimate of drug-likeness (QED) is 0.370. The first kappa shape index (κ1) is 7.27. The third-order valence-corrected chi connectivity index (χ3v) is 0.869. The Kier molecular flexibility index (Phi) is 5.36. The second-order valence-corrected chi connectivity index (χ2v) is 1.43. The Hall–Kier alpha value is 1.27. The predicted octanol–water partition coefficient (Wildman–Crippen LogP) is -1.85. The molecule has 0 aliphatic heterocycles. The van der Waals surface area contributed by atoms with Crippen LogP contribution in [0.2, 0.25) is 0 Å². The molecule has 0 aromatic carbocycles. The van der Waals surface area contributed by atoms with E-state index >= 15 is 0 Å². The van der Waals surface area contributed by atoms with Crippen molar-refractivity contribution >= 4 is 11.3 Å². The maximum absolute atomic E-state index is 3.74. The molecular weight excluding hydrogens is 121 g/mol. The van der Waals surface area contributed by atoms with E-state index < -0.39 is 0 Å². The molecule has 0 saturated heterocycles. The van der Waals surface area contributed by atoms with Crippen molar-refractivity contribution in [1.29, 1.82) is 0 Å². The van der Waals surface area contributed by atoms with Gasteiger partial charge in [0.15, 0.2) is 0 Å². The molecule has 1 heterocycles. The van der Waals surface area contributed by atoms with Gasteiger partial charge in [-0.3, -0.25) is 4.98 Å². The van der Waals surface area contributed by atoms with Crippen molar-refractivity contribution in [1.82, 2.24) is 4.98 Å².